The van der Waals surface area contributed by atoms with Crippen LogP contribution in [0.5, 0.6) is 11.5 Å². The summed E-state index contributed by atoms with van der Waals surface area (Å²) in [6, 6.07) is 11.1. The van der Waals surface area contributed by atoms with Crippen LogP contribution in [0.4, 0.5) is 0 Å². The highest BCUT2D eigenvalue weighted by molar-refractivity contribution is 5.82. The monoisotopic (exact) mass is 414 g/mol. The zero-order chi connectivity index (χ0) is 20.9. The fraction of sp³-hybridized carbons (Fsp3) is 0.455. The summed E-state index contributed by atoms with van der Waals surface area (Å²) in [5, 5.41) is 0. The molecule has 30 heavy (non-hydrogen) atoms. The molecule has 3 heterocycles. The Kier molecular flexibility index (Phi) is 6.23. The molecule has 0 aliphatic carbocycles. The van der Waals surface area contributed by atoms with Crippen LogP contribution in [0, 0.1) is 0 Å². The Morgan fingerprint density at radius 3 is 2.67 bits per heavy atom. The number of fused-ring (bicyclic) bond motifs is 1. The van der Waals surface area contributed by atoms with Gasteiger partial charge in [-0.05, 0) is 30.7 Å². The third-order valence-electron chi connectivity index (χ3n) is 5.20. The molecule has 1 atom stereocenters. The molecule has 2 aliphatic heterocycles. The first-order valence-electron chi connectivity index (χ1n) is 10.2. The predicted octanol–water partition coefficient (Wildman–Crippen LogP) is 2.22. The smallest absolute Gasteiger partial charge is 0.303 e. The minimum Gasteiger partial charge on any atom is -0.485 e. The van der Waals surface area contributed by atoms with Crippen LogP contribution in [0.15, 0.2) is 40.8 Å². The lowest BCUT2D eigenvalue weighted by Gasteiger charge is -2.30. The Morgan fingerprint density at radius 1 is 1.03 bits per heavy atom. The highest BCUT2D eigenvalue weighted by Crippen LogP contribution is 2.31. The SMILES string of the molecule is CC(=O)OCc1ccc(CN2CCCN(C(=O)C3COc4ccccc4O3)CC2)o1. The number of hydrogen-bond donors (Lipinski definition) is 0. The number of para-hydroxylation sites is 2. The van der Waals surface area contributed by atoms with E-state index in [1.165, 1.54) is 6.92 Å². The van der Waals surface area contributed by atoms with Crippen LogP contribution < -0.4 is 9.47 Å². The van der Waals surface area contributed by atoms with Crippen molar-refractivity contribution in [1.82, 2.24) is 9.80 Å². The number of carbonyl (C=O) groups is 2. The minimum atomic E-state index is -0.611. The van der Waals surface area contributed by atoms with Crippen molar-refractivity contribution in [3.05, 3.63) is 47.9 Å². The van der Waals surface area contributed by atoms with Crippen LogP contribution in [0.1, 0.15) is 24.9 Å². The summed E-state index contributed by atoms with van der Waals surface area (Å²) in [5.41, 5.74) is 0. The molecule has 0 radical (unpaired) electrons. The summed E-state index contributed by atoms with van der Waals surface area (Å²) in [4.78, 5) is 28.0. The van der Waals surface area contributed by atoms with Crippen molar-refractivity contribution in [1.29, 1.82) is 0 Å². The Morgan fingerprint density at radius 2 is 1.83 bits per heavy atom. The van der Waals surface area contributed by atoms with E-state index in [0.717, 1.165) is 25.3 Å². The van der Waals surface area contributed by atoms with E-state index in [2.05, 4.69) is 4.90 Å². The summed E-state index contributed by atoms with van der Waals surface area (Å²) in [6.45, 7) is 5.33. The molecule has 8 nitrogen and oxygen atoms in total. The third kappa shape index (κ3) is 4.94. The first kappa shape index (κ1) is 20.3. The second-order valence-corrected chi connectivity index (χ2v) is 7.47. The summed E-state index contributed by atoms with van der Waals surface area (Å²) < 4.78 is 22.3. The zero-order valence-electron chi connectivity index (χ0n) is 17.0. The molecule has 1 aromatic carbocycles. The Labute approximate surface area is 175 Å². The quantitative estimate of drug-likeness (QED) is 0.694. The van der Waals surface area contributed by atoms with Crippen molar-refractivity contribution in [3.63, 3.8) is 0 Å². The van der Waals surface area contributed by atoms with E-state index in [1.807, 2.05) is 41.3 Å². The maximum absolute atomic E-state index is 13.0. The molecule has 8 heteroatoms. The van der Waals surface area contributed by atoms with Crippen LogP contribution in [-0.2, 0) is 27.5 Å². The van der Waals surface area contributed by atoms with Crippen molar-refractivity contribution < 1.29 is 28.2 Å². The molecular weight excluding hydrogens is 388 g/mol. The summed E-state index contributed by atoms with van der Waals surface area (Å²) in [7, 11) is 0. The average molecular weight is 414 g/mol. The van der Waals surface area contributed by atoms with Crippen LogP contribution in [0.3, 0.4) is 0 Å². The number of furan rings is 1. The number of nitrogens with zero attached hydrogens (tertiary/aromatic N) is 2. The molecule has 0 saturated carbocycles. The predicted molar refractivity (Wildman–Crippen MR) is 107 cm³/mol. The van der Waals surface area contributed by atoms with Gasteiger partial charge in [-0.25, -0.2) is 0 Å². The molecule has 2 aromatic rings. The number of esters is 1. The largest absolute Gasteiger partial charge is 0.485 e. The molecule has 2 aliphatic rings. The van der Waals surface area contributed by atoms with Gasteiger partial charge in [-0.1, -0.05) is 12.1 Å². The standard InChI is InChI=1S/C22H26N2O6/c1-16(25)27-14-18-8-7-17(29-18)13-23-9-4-10-24(12-11-23)22(26)21-15-28-19-5-2-3-6-20(19)30-21/h2-3,5-8,21H,4,9-15H2,1H3. The normalized spacial score (nSPS) is 19.2. The van der Waals surface area contributed by atoms with Gasteiger partial charge in [0.05, 0.1) is 6.54 Å². The maximum atomic E-state index is 13.0. The summed E-state index contributed by atoms with van der Waals surface area (Å²) in [6.07, 6.45) is 0.261. The number of hydrogen-bond acceptors (Lipinski definition) is 7. The molecule has 1 amide bonds. The van der Waals surface area contributed by atoms with E-state index in [1.54, 1.807) is 0 Å². The summed E-state index contributed by atoms with van der Waals surface area (Å²) >= 11 is 0. The highest BCUT2D eigenvalue weighted by Gasteiger charge is 2.32. The number of carbonyl (C=O) groups excluding carboxylic acids is 2. The summed E-state index contributed by atoms with van der Waals surface area (Å²) in [5.74, 6) is 2.37. The van der Waals surface area contributed by atoms with Gasteiger partial charge in [0, 0.05) is 33.1 Å². The van der Waals surface area contributed by atoms with Gasteiger partial charge in [0.25, 0.3) is 5.91 Å². The van der Waals surface area contributed by atoms with Crippen molar-refractivity contribution in [2.24, 2.45) is 0 Å². The minimum absolute atomic E-state index is 0.0342. The van der Waals surface area contributed by atoms with E-state index in [-0.39, 0.29) is 25.1 Å². The van der Waals surface area contributed by atoms with Crippen LogP contribution in [0.25, 0.3) is 0 Å². The fourth-order valence-electron chi connectivity index (χ4n) is 3.67. The molecule has 1 unspecified atom stereocenters. The second kappa shape index (κ2) is 9.21. The lowest BCUT2D eigenvalue weighted by molar-refractivity contribution is -0.143. The fourth-order valence-corrected chi connectivity index (χ4v) is 3.67. The van der Waals surface area contributed by atoms with E-state index in [9.17, 15) is 9.59 Å². The van der Waals surface area contributed by atoms with E-state index in [4.69, 9.17) is 18.6 Å². The number of amides is 1. The van der Waals surface area contributed by atoms with Crippen LogP contribution in [-0.4, -0.2) is 60.6 Å². The lowest BCUT2D eigenvalue weighted by atomic mass is 10.2. The zero-order valence-corrected chi connectivity index (χ0v) is 17.0. The first-order valence-corrected chi connectivity index (χ1v) is 10.2. The van der Waals surface area contributed by atoms with Gasteiger partial charge in [-0.2, -0.15) is 0 Å². The molecule has 1 saturated heterocycles. The van der Waals surface area contributed by atoms with Crippen LogP contribution in [0.2, 0.25) is 0 Å². The van der Waals surface area contributed by atoms with Crippen molar-refractivity contribution in [3.8, 4) is 11.5 Å². The maximum Gasteiger partial charge on any atom is 0.303 e. The topological polar surface area (TPSA) is 81.5 Å². The molecule has 0 bridgehead atoms. The highest BCUT2D eigenvalue weighted by atomic mass is 16.6. The molecule has 0 spiro atoms. The molecule has 160 valence electrons. The molecule has 0 N–H and O–H groups in total. The van der Waals surface area contributed by atoms with Gasteiger partial charge in [-0.15, -0.1) is 0 Å². The third-order valence-corrected chi connectivity index (χ3v) is 5.20. The van der Waals surface area contributed by atoms with Crippen LogP contribution >= 0.6 is 0 Å². The number of ether oxygens (including phenoxy) is 3. The Hall–Kier alpha value is -3.00. The van der Waals surface area contributed by atoms with Crippen molar-refractivity contribution >= 4 is 11.9 Å². The van der Waals surface area contributed by atoms with Gasteiger partial charge in [0.1, 0.15) is 24.7 Å². The average Bonchev–Trinajstić information content (AvgIpc) is 3.07. The van der Waals surface area contributed by atoms with Crippen molar-refractivity contribution in [2.45, 2.75) is 32.6 Å². The second-order valence-electron chi connectivity index (χ2n) is 7.47. The van der Waals surface area contributed by atoms with E-state index < -0.39 is 6.10 Å². The van der Waals surface area contributed by atoms with Gasteiger partial charge < -0.3 is 23.5 Å². The molecule has 4 rings (SSSR count). The lowest BCUT2D eigenvalue weighted by Crippen LogP contribution is -2.47. The molecule has 1 aromatic heterocycles. The van der Waals surface area contributed by atoms with Gasteiger partial charge in [-0.3, -0.25) is 14.5 Å². The first-order chi connectivity index (χ1) is 14.6. The Bertz CT molecular complexity index is 895. The molecular formula is C22H26N2O6. The van der Waals surface area contributed by atoms with Gasteiger partial charge in [0.15, 0.2) is 11.5 Å². The number of rotatable bonds is 5. The van der Waals surface area contributed by atoms with Gasteiger partial charge >= 0.3 is 5.97 Å². The molecule has 1 fully saturated rings. The van der Waals surface area contributed by atoms with E-state index >= 15 is 0 Å². The van der Waals surface area contributed by atoms with E-state index in [0.29, 0.717) is 36.9 Å². The van der Waals surface area contributed by atoms with Gasteiger partial charge in [0.2, 0.25) is 6.10 Å². The number of benzene rings is 1. The Balaban J connectivity index is 1.29. The van der Waals surface area contributed by atoms with Crippen molar-refractivity contribution in [2.75, 3.05) is 32.8 Å².